The fraction of sp³-hybridized carbons (Fsp3) is 0.111. The standard InChI is InChI=1S/C27H22N4O6/c32-17-11-9-15(10-12-17)23(26(35)36)30-24(33)22(13-16-14-28-20-7-3-1-5-18(16)20)31-25(34)19-6-2-4-8-21(19)29-27(31)37/h1-12,14,22-23,28,32H,13H2,(H,29,37)(H,30,33)(H,35,36)/t22-,23+/m0/s1. The van der Waals surface area contributed by atoms with Crippen LogP contribution in [0.4, 0.5) is 0 Å². The van der Waals surface area contributed by atoms with Crippen LogP contribution in [0.2, 0.25) is 0 Å². The summed E-state index contributed by atoms with van der Waals surface area (Å²) in [7, 11) is 0. The van der Waals surface area contributed by atoms with Gasteiger partial charge in [-0.3, -0.25) is 9.59 Å². The highest BCUT2D eigenvalue weighted by molar-refractivity contribution is 5.89. The van der Waals surface area contributed by atoms with Crippen LogP contribution in [-0.4, -0.2) is 36.6 Å². The molecular formula is C27H22N4O6. The molecule has 10 heteroatoms. The fourth-order valence-electron chi connectivity index (χ4n) is 4.46. The summed E-state index contributed by atoms with van der Waals surface area (Å²) in [5.41, 5.74) is 0.559. The van der Waals surface area contributed by atoms with E-state index in [1.54, 1.807) is 30.5 Å². The summed E-state index contributed by atoms with van der Waals surface area (Å²) in [6.07, 6.45) is 1.64. The molecule has 0 spiro atoms. The molecule has 0 bridgehead atoms. The first kappa shape index (κ1) is 23.6. The number of aliphatic carboxylic acids is 1. The number of para-hydroxylation sites is 2. The Hall–Kier alpha value is -5.12. The Morgan fingerprint density at radius 1 is 0.892 bits per heavy atom. The lowest BCUT2D eigenvalue weighted by Crippen LogP contribution is -2.47. The van der Waals surface area contributed by atoms with E-state index in [2.05, 4.69) is 15.3 Å². The first-order valence-electron chi connectivity index (χ1n) is 11.4. The SMILES string of the molecule is O=C(O)[C@H](NC(=O)[C@H](Cc1c[nH]c2ccccc12)n1c(=O)[nH]c2ccccc2c1=O)c1ccc(O)cc1. The number of hydrogen-bond donors (Lipinski definition) is 5. The maximum absolute atomic E-state index is 13.7. The van der Waals surface area contributed by atoms with Gasteiger partial charge in [0.2, 0.25) is 5.91 Å². The zero-order chi connectivity index (χ0) is 26.1. The molecule has 5 N–H and O–H groups in total. The molecule has 0 fully saturated rings. The highest BCUT2D eigenvalue weighted by Gasteiger charge is 2.31. The van der Waals surface area contributed by atoms with E-state index in [1.165, 1.54) is 24.3 Å². The Balaban J connectivity index is 1.62. The molecule has 0 aliphatic rings. The van der Waals surface area contributed by atoms with Crippen LogP contribution in [0.1, 0.15) is 23.2 Å². The number of carboxylic acids is 1. The molecule has 0 saturated heterocycles. The Labute approximate surface area is 208 Å². The molecule has 2 heterocycles. The number of nitrogens with one attached hydrogen (secondary N) is 3. The van der Waals surface area contributed by atoms with Gasteiger partial charge in [-0.1, -0.05) is 42.5 Å². The van der Waals surface area contributed by atoms with E-state index in [0.29, 0.717) is 11.1 Å². The number of carbonyl (C=O) groups excluding carboxylic acids is 1. The molecule has 1 amide bonds. The van der Waals surface area contributed by atoms with Gasteiger partial charge in [-0.05, 0) is 41.5 Å². The van der Waals surface area contributed by atoms with Gasteiger partial charge in [-0.2, -0.15) is 0 Å². The second kappa shape index (κ2) is 9.50. The number of benzene rings is 3. The van der Waals surface area contributed by atoms with Gasteiger partial charge in [0.25, 0.3) is 5.56 Å². The molecule has 0 radical (unpaired) electrons. The molecule has 37 heavy (non-hydrogen) atoms. The third-order valence-corrected chi connectivity index (χ3v) is 6.30. The van der Waals surface area contributed by atoms with Gasteiger partial charge >= 0.3 is 11.7 Å². The van der Waals surface area contributed by atoms with Gasteiger partial charge in [-0.25, -0.2) is 14.2 Å². The van der Waals surface area contributed by atoms with E-state index >= 15 is 0 Å². The zero-order valence-electron chi connectivity index (χ0n) is 19.3. The Morgan fingerprint density at radius 3 is 2.24 bits per heavy atom. The van der Waals surface area contributed by atoms with E-state index < -0.39 is 35.2 Å². The van der Waals surface area contributed by atoms with Crippen LogP contribution in [0.25, 0.3) is 21.8 Å². The minimum absolute atomic E-state index is 0.0565. The first-order chi connectivity index (χ1) is 17.8. The maximum Gasteiger partial charge on any atom is 0.330 e. The van der Waals surface area contributed by atoms with Crippen molar-refractivity contribution in [2.24, 2.45) is 0 Å². The largest absolute Gasteiger partial charge is 0.508 e. The molecule has 186 valence electrons. The number of phenols is 1. The monoisotopic (exact) mass is 498 g/mol. The molecule has 0 saturated carbocycles. The summed E-state index contributed by atoms with van der Waals surface area (Å²) in [6.45, 7) is 0. The molecular weight excluding hydrogens is 476 g/mol. The number of fused-ring (bicyclic) bond motifs is 2. The van der Waals surface area contributed by atoms with Gasteiger partial charge in [0.1, 0.15) is 11.8 Å². The van der Waals surface area contributed by atoms with Crippen molar-refractivity contribution < 1.29 is 19.8 Å². The first-order valence-corrected chi connectivity index (χ1v) is 11.4. The Kier molecular flexibility index (Phi) is 6.06. The predicted molar refractivity (Wildman–Crippen MR) is 136 cm³/mol. The smallest absolute Gasteiger partial charge is 0.330 e. The number of carbonyl (C=O) groups is 2. The molecule has 10 nitrogen and oxygen atoms in total. The second-order valence-corrected chi connectivity index (χ2v) is 8.60. The number of aromatic nitrogens is 3. The average Bonchev–Trinajstić information content (AvgIpc) is 3.30. The van der Waals surface area contributed by atoms with E-state index in [0.717, 1.165) is 15.5 Å². The molecule has 5 aromatic rings. The van der Waals surface area contributed by atoms with Crippen LogP contribution in [-0.2, 0) is 16.0 Å². The zero-order valence-corrected chi connectivity index (χ0v) is 19.3. The highest BCUT2D eigenvalue weighted by Crippen LogP contribution is 2.24. The van der Waals surface area contributed by atoms with Gasteiger partial charge < -0.3 is 25.5 Å². The average molecular weight is 498 g/mol. The molecule has 0 aliphatic carbocycles. The predicted octanol–water partition coefficient (Wildman–Crippen LogP) is 2.60. The molecule has 0 aliphatic heterocycles. The van der Waals surface area contributed by atoms with Crippen LogP contribution in [0, 0.1) is 0 Å². The molecule has 2 atom stereocenters. The van der Waals surface area contributed by atoms with Crippen molar-refractivity contribution in [3.63, 3.8) is 0 Å². The lowest BCUT2D eigenvalue weighted by Gasteiger charge is -2.22. The summed E-state index contributed by atoms with van der Waals surface area (Å²) in [5.74, 6) is -2.23. The number of nitrogens with zero attached hydrogens (tertiary/aromatic N) is 1. The molecule has 2 aromatic heterocycles. The third kappa shape index (κ3) is 4.47. The van der Waals surface area contributed by atoms with Crippen molar-refractivity contribution in [1.29, 1.82) is 0 Å². The van der Waals surface area contributed by atoms with E-state index in [-0.39, 0.29) is 23.1 Å². The summed E-state index contributed by atoms with van der Waals surface area (Å²) in [4.78, 5) is 58.0. The highest BCUT2D eigenvalue weighted by atomic mass is 16.4. The number of aromatic amines is 2. The van der Waals surface area contributed by atoms with Crippen LogP contribution < -0.4 is 16.6 Å². The van der Waals surface area contributed by atoms with E-state index in [9.17, 15) is 29.4 Å². The lowest BCUT2D eigenvalue weighted by molar-refractivity contribution is -0.142. The van der Waals surface area contributed by atoms with Crippen molar-refractivity contribution in [3.8, 4) is 5.75 Å². The second-order valence-electron chi connectivity index (χ2n) is 8.60. The van der Waals surface area contributed by atoms with Crippen LogP contribution in [0.5, 0.6) is 5.75 Å². The normalized spacial score (nSPS) is 12.9. The van der Waals surface area contributed by atoms with Crippen LogP contribution in [0.3, 0.4) is 0 Å². The van der Waals surface area contributed by atoms with Gasteiger partial charge in [-0.15, -0.1) is 0 Å². The van der Waals surface area contributed by atoms with Crippen LogP contribution >= 0.6 is 0 Å². The number of carboxylic acid groups (broad SMARTS) is 1. The van der Waals surface area contributed by atoms with E-state index in [1.807, 2.05) is 24.3 Å². The molecule has 3 aromatic carbocycles. The Morgan fingerprint density at radius 2 is 1.54 bits per heavy atom. The quantitative estimate of drug-likeness (QED) is 0.232. The fourth-order valence-corrected chi connectivity index (χ4v) is 4.46. The summed E-state index contributed by atoms with van der Waals surface area (Å²) < 4.78 is 0.829. The summed E-state index contributed by atoms with van der Waals surface area (Å²) in [6, 6.07) is 16.3. The number of phenolic OH excluding ortho intramolecular Hbond substituents is 1. The van der Waals surface area contributed by atoms with Crippen molar-refractivity contribution in [1.82, 2.24) is 19.9 Å². The number of rotatable bonds is 7. The van der Waals surface area contributed by atoms with Gasteiger partial charge in [0, 0.05) is 23.5 Å². The van der Waals surface area contributed by atoms with Crippen molar-refractivity contribution in [2.45, 2.75) is 18.5 Å². The minimum Gasteiger partial charge on any atom is -0.508 e. The van der Waals surface area contributed by atoms with Gasteiger partial charge in [0.05, 0.1) is 10.9 Å². The van der Waals surface area contributed by atoms with Crippen molar-refractivity contribution in [3.05, 3.63) is 111 Å². The van der Waals surface area contributed by atoms with Crippen molar-refractivity contribution >= 4 is 33.7 Å². The van der Waals surface area contributed by atoms with Crippen LogP contribution in [0.15, 0.2) is 88.6 Å². The number of hydrogen-bond acceptors (Lipinski definition) is 5. The topological polar surface area (TPSA) is 157 Å². The molecule has 5 rings (SSSR count). The lowest BCUT2D eigenvalue weighted by atomic mass is 10.0. The number of H-pyrrole nitrogens is 2. The van der Waals surface area contributed by atoms with Gasteiger partial charge in [0.15, 0.2) is 6.04 Å². The summed E-state index contributed by atoms with van der Waals surface area (Å²) in [5, 5.41) is 22.9. The number of amides is 1. The maximum atomic E-state index is 13.7. The minimum atomic E-state index is -1.48. The molecule has 0 unspecified atom stereocenters. The van der Waals surface area contributed by atoms with E-state index in [4.69, 9.17) is 0 Å². The number of aromatic hydroxyl groups is 1. The van der Waals surface area contributed by atoms with Crippen molar-refractivity contribution in [2.75, 3.05) is 0 Å². The Bertz CT molecular complexity index is 1750. The third-order valence-electron chi connectivity index (χ3n) is 6.30. The summed E-state index contributed by atoms with van der Waals surface area (Å²) >= 11 is 0.